The summed E-state index contributed by atoms with van der Waals surface area (Å²) in [6.07, 6.45) is 4.25. The van der Waals surface area contributed by atoms with Gasteiger partial charge in [-0.25, -0.2) is 0 Å². The van der Waals surface area contributed by atoms with Crippen LogP contribution in [0.3, 0.4) is 0 Å². The van der Waals surface area contributed by atoms with E-state index in [1.165, 1.54) is 10.4 Å². The lowest BCUT2D eigenvalue weighted by Crippen LogP contribution is -2.36. The van der Waals surface area contributed by atoms with Crippen LogP contribution >= 0.6 is 23.7 Å². The molecule has 1 amide bonds. The van der Waals surface area contributed by atoms with Crippen LogP contribution in [-0.2, 0) is 11.2 Å². The van der Waals surface area contributed by atoms with E-state index >= 15 is 0 Å². The first-order chi connectivity index (χ1) is 8.25. The van der Waals surface area contributed by atoms with Gasteiger partial charge in [-0.3, -0.25) is 4.79 Å². The first-order valence-electron chi connectivity index (χ1n) is 6.36. The summed E-state index contributed by atoms with van der Waals surface area (Å²) in [6.45, 7) is 1.59. The third-order valence-electron chi connectivity index (χ3n) is 3.89. The Hall–Kier alpha value is -0.580. The quantitative estimate of drug-likeness (QED) is 0.860. The fraction of sp³-hybridized carbons (Fsp3) is 0.615. The molecule has 3 rings (SSSR count). The van der Waals surface area contributed by atoms with Gasteiger partial charge in [0.05, 0.1) is 5.92 Å². The Bertz CT molecular complexity index is 434. The summed E-state index contributed by atoms with van der Waals surface area (Å²) in [6, 6.07) is 2.32. The third kappa shape index (κ3) is 2.42. The Morgan fingerprint density at radius 2 is 2.28 bits per heavy atom. The van der Waals surface area contributed by atoms with E-state index in [-0.39, 0.29) is 24.4 Å². The number of amides is 1. The lowest BCUT2D eigenvalue weighted by atomic mass is 9.87. The molecule has 3 nitrogen and oxygen atoms in total. The van der Waals surface area contributed by atoms with Gasteiger partial charge in [-0.05, 0) is 42.7 Å². The van der Waals surface area contributed by atoms with Gasteiger partial charge in [0.25, 0.3) is 0 Å². The Morgan fingerprint density at radius 3 is 3.00 bits per heavy atom. The SMILES string of the molecule is Cl.NC1CCN(C(=O)C2CCCc3sccc32)C1. The summed E-state index contributed by atoms with van der Waals surface area (Å²) in [5.74, 6) is 0.410. The molecule has 0 saturated carbocycles. The highest BCUT2D eigenvalue weighted by Crippen LogP contribution is 2.36. The second-order valence-corrected chi connectivity index (χ2v) is 6.08. The smallest absolute Gasteiger partial charge is 0.230 e. The zero-order valence-corrected chi connectivity index (χ0v) is 11.9. The predicted octanol–water partition coefficient (Wildman–Crippen LogP) is 2.15. The van der Waals surface area contributed by atoms with Crippen molar-refractivity contribution < 1.29 is 4.79 Å². The van der Waals surface area contributed by atoms with Crippen molar-refractivity contribution in [1.29, 1.82) is 0 Å². The van der Waals surface area contributed by atoms with Gasteiger partial charge in [-0.15, -0.1) is 23.7 Å². The van der Waals surface area contributed by atoms with Gasteiger partial charge < -0.3 is 10.6 Å². The third-order valence-corrected chi connectivity index (χ3v) is 4.88. The van der Waals surface area contributed by atoms with E-state index in [1.54, 1.807) is 11.3 Å². The Labute approximate surface area is 118 Å². The fourth-order valence-electron chi connectivity index (χ4n) is 2.95. The van der Waals surface area contributed by atoms with E-state index in [1.807, 2.05) is 4.90 Å². The molecule has 100 valence electrons. The number of thiophene rings is 1. The van der Waals surface area contributed by atoms with Crippen molar-refractivity contribution in [2.75, 3.05) is 13.1 Å². The van der Waals surface area contributed by atoms with Crippen LogP contribution in [0.15, 0.2) is 11.4 Å². The maximum absolute atomic E-state index is 12.5. The number of halogens is 1. The number of nitrogens with two attached hydrogens (primary N) is 1. The maximum Gasteiger partial charge on any atom is 0.230 e. The van der Waals surface area contributed by atoms with Crippen LogP contribution in [0, 0.1) is 0 Å². The number of aryl methyl sites for hydroxylation is 1. The lowest BCUT2D eigenvalue weighted by molar-refractivity contribution is -0.132. The summed E-state index contributed by atoms with van der Waals surface area (Å²) in [7, 11) is 0. The molecule has 1 aliphatic heterocycles. The van der Waals surface area contributed by atoms with E-state index < -0.39 is 0 Å². The van der Waals surface area contributed by atoms with Crippen LogP contribution in [0.5, 0.6) is 0 Å². The molecule has 0 radical (unpaired) electrons. The highest BCUT2D eigenvalue weighted by molar-refractivity contribution is 7.10. The molecule has 1 saturated heterocycles. The van der Waals surface area contributed by atoms with Crippen molar-refractivity contribution in [3.8, 4) is 0 Å². The van der Waals surface area contributed by atoms with Crippen LogP contribution in [0.4, 0.5) is 0 Å². The average Bonchev–Trinajstić information content (AvgIpc) is 2.95. The molecule has 2 heterocycles. The summed E-state index contributed by atoms with van der Waals surface area (Å²) in [4.78, 5) is 15.9. The zero-order valence-electron chi connectivity index (χ0n) is 10.3. The average molecular weight is 287 g/mol. The van der Waals surface area contributed by atoms with Gasteiger partial charge in [0.1, 0.15) is 0 Å². The molecule has 2 aliphatic rings. The van der Waals surface area contributed by atoms with E-state index in [2.05, 4.69) is 11.4 Å². The van der Waals surface area contributed by atoms with Crippen molar-refractivity contribution >= 4 is 29.7 Å². The molecule has 0 spiro atoms. The highest BCUT2D eigenvalue weighted by atomic mass is 35.5. The molecule has 2 N–H and O–H groups in total. The molecule has 2 unspecified atom stereocenters. The van der Waals surface area contributed by atoms with E-state index in [0.717, 1.165) is 38.8 Å². The van der Waals surface area contributed by atoms with Crippen LogP contribution in [0.2, 0.25) is 0 Å². The Morgan fingerprint density at radius 1 is 1.44 bits per heavy atom. The lowest BCUT2D eigenvalue weighted by Gasteiger charge is -2.26. The van der Waals surface area contributed by atoms with Gasteiger partial charge in [0.2, 0.25) is 5.91 Å². The largest absolute Gasteiger partial charge is 0.341 e. The summed E-state index contributed by atoms with van der Waals surface area (Å²) < 4.78 is 0. The number of nitrogens with zero attached hydrogens (tertiary/aromatic N) is 1. The molecule has 1 fully saturated rings. The second kappa shape index (κ2) is 5.59. The highest BCUT2D eigenvalue weighted by Gasteiger charge is 2.33. The van der Waals surface area contributed by atoms with Crippen LogP contribution in [-0.4, -0.2) is 29.9 Å². The van der Waals surface area contributed by atoms with E-state index in [4.69, 9.17) is 5.73 Å². The van der Waals surface area contributed by atoms with Crippen LogP contribution in [0.25, 0.3) is 0 Å². The summed E-state index contributed by atoms with van der Waals surface area (Å²) in [5, 5.41) is 2.12. The van der Waals surface area contributed by atoms with Crippen molar-refractivity contribution in [3.63, 3.8) is 0 Å². The molecular weight excluding hydrogens is 268 g/mol. The van der Waals surface area contributed by atoms with Crippen LogP contribution in [0.1, 0.15) is 35.6 Å². The topological polar surface area (TPSA) is 46.3 Å². The molecule has 1 aromatic rings. The fourth-order valence-corrected chi connectivity index (χ4v) is 3.94. The first-order valence-corrected chi connectivity index (χ1v) is 7.24. The van der Waals surface area contributed by atoms with Gasteiger partial charge >= 0.3 is 0 Å². The second-order valence-electron chi connectivity index (χ2n) is 5.08. The normalized spacial score (nSPS) is 26.6. The van der Waals surface area contributed by atoms with E-state index in [9.17, 15) is 4.79 Å². The number of rotatable bonds is 1. The van der Waals surface area contributed by atoms with Crippen molar-refractivity contribution in [3.05, 3.63) is 21.9 Å². The molecule has 0 aromatic carbocycles. The minimum Gasteiger partial charge on any atom is -0.341 e. The minimum absolute atomic E-state index is 0. The zero-order chi connectivity index (χ0) is 11.8. The summed E-state index contributed by atoms with van der Waals surface area (Å²) >= 11 is 1.79. The standard InChI is InChI=1S/C13H18N2OS.ClH/c14-9-4-6-15(8-9)13(16)11-2-1-3-12-10(11)5-7-17-12;/h5,7,9,11H,1-4,6,8,14H2;1H. The van der Waals surface area contributed by atoms with Crippen LogP contribution < -0.4 is 5.73 Å². The number of fused-ring (bicyclic) bond motifs is 1. The molecule has 5 heteroatoms. The molecule has 0 bridgehead atoms. The first kappa shape index (κ1) is 13.8. The van der Waals surface area contributed by atoms with Gasteiger partial charge in [-0.2, -0.15) is 0 Å². The molecule has 2 atom stereocenters. The maximum atomic E-state index is 12.5. The van der Waals surface area contributed by atoms with Crippen molar-refractivity contribution in [2.45, 2.75) is 37.6 Å². The molecular formula is C13H19ClN2OS. The molecule has 1 aromatic heterocycles. The number of carbonyl (C=O) groups is 1. The van der Waals surface area contributed by atoms with Crippen molar-refractivity contribution in [1.82, 2.24) is 4.90 Å². The monoisotopic (exact) mass is 286 g/mol. The Balaban J connectivity index is 0.00000120. The molecule has 1 aliphatic carbocycles. The predicted molar refractivity (Wildman–Crippen MR) is 76.4 cm³/mol. The number of likely N-dealkylation sites (tertiary alicyclic amines) is 1. The number of hydrogen-bond donors (Lipinski definition) is 1. The number of hydrogen-bond acceptors (Lipinski definition) is 3. The van der Waals surface area contributed by atoms with Gasteiger partial charge in [0, 0.05) is 24.0 Å². The number of carbonyl (C=O) groups excluding carboxylic acids is 1. The van der Waals surface area contributed by atoms with Gasteiger partial charge in [0.15, 0.2) is 0 Å². The minimum atomic E-state index is 0. The summed E-state index contributed by atoms with van der Waals surface area (Å²) in [5.41, 5.74) is 7.16. The van der Waals surface area contributed by atoms with Gasteiger partial charge in [-0.1, -0.05) is 0 Å². The van der Waals surface area contributed by atoms with Crippen molar-refractivity contribution in [2.24, 2.45) is 5.73 Å². The van der Waals surface area contributed by atoms with E-state index in [0.29, 0.717) is 5.91 Å². The Kier molecular flexibility index (Phi) is 4.30. The molecule has 18 heavy (non-hydrogen) atoms.